The summed E-state index contributed by atoms with van der Waals surface area (Å²) >= 11 is 0. The average Bonchev–Trinajstić information content (AvgIpc) is 3.78. The number of aliphatic carboxylic acids is 1. The number of halogens is 4. The van der Waals surface area contributed by atoms with Crippen molar-refractivity contribution in [3.8, 4) is 22.5 Å². The largest absolute Gasteiger partial charge is 0.477 e. The van der Waals surface area contributed by atoms with Crippen molar-refractivity contribution < 1.29 is 51.4 Å². The number of rotatable bonds is 15. The number of amides is 4. The number of benzene rings is 3. The number of carbonyl (C=O) groups excluding carboxylic acids is 4. The molecule has 2 fully saturated rings. The minimum atomic E-state index is -5.46. The molecule has 2 aliphatic rings. The zero-order valence-electron chi connectivity index (χ0n) is 37.5. The summed E-state index contributed by atoms with van der Waals surface area (Å²) < 4.78 is 61.5. The Hall–Kier alpha value is -6.37. The van der Waals surface area contributed by atoms with E-state index in [-0.39, 0.29) is 47.4 Å². The van der Waals surface area contributed by atoms with Crippen molar-refractivity contribution in [2.75, 3.05) is 32.0 Å². The molecule has 3 aromatic carbocycles. The number of nitrogens with one attached hydrogen (secondary N) is 5. The molecule has 354 valence electrons. The molecule has 6 N–H and O–H groups in total. The molecule has 2 heterocycles. The van der Waals surface area contributed by atoms with E-state index in [1.54, 1.807) is 25.9 Å². The van der Waals surface area contributed by atoms with Gasteiger partial charge in [0.1, 0.15) is 11.6 Å². The Bertz CT molecular complexity index is 2370. The number of carboxylic acid groups (broad SMARTS) is 1. The first-order valence-corrected chi connectivity index (χ1v) is 21.9. The van der Waals surface area contributed by atoms with E-state index in [2.05, 4.69) is 43.3 Å². The van der Waals surface area contributed by atoms with E-state index < -0.39 is 53.1 Å². The third-order valence-electron chi connectivity index (χ3n) is 11.9. The summed E-state index contributed by atoms with van der Waals surface area (Å²) in [7, 11) is 2.06. The van der Waals surface area contributed by atoms with Gasteiger partial charge in [-0.3, -0.25) is 19.5 Å². The molecule has 66 heavy (non-hydrogen) atoms. The Balaban J connectivity index is 1.15. The molecule has 6 rings (SSSR count). The second kappa shape index (κ2) is 20.4. The van der Waals surface area contributed by atoms with Gasteiger partial charge in [-0.15, -0.1) is 0 Å². The quantitative estimate of drug-likeness (QED) is 0.0668. The van der Waals surface area contributed by atoms with Gasteiger partial charge in [0, 0.05) is 41.7 Å². The number of nitrogens with zero attached hydrogens (tertiary/aromatic N) is 3. The number of aromatic nitrogens is 3. The molecule has 4 aromatic rings. The summed E-state index contributed by atoms with van der Waals surface area (Å²) in [6.45, 7) is 9.54. The van der Waals surface area contributed by atoms with Gasteiger partial charge in [0.2, 0.25) is 17.6 Å². The molecule has 1 saturated carbocycles. The van der Waals surface area contributed by atoms with E-state index in [0.717, 1.165) is 48.2 Å². The fourth-order valence-electron chi connectivity index (χ4n) is 7.97. The SMILES string of the molecule is Cc1ccc(C(=O)NC2CCN(C)CC2)cc1-c1ccc(C[C@H](NC(=O)C2CCC(CNC(=O)OC(C)(C)C)CC2)C(=O)Nc2ccc(-c3n[nH]c(C(F)(F)C(F)(F)C(=O)O)n3)cc2)cc1. The highest BCUT2D eigenvalue weighted by molar-refractivity contribution is 5.98. The van der Waals surface area contributed by atoms with E-state index in [1.165, 1.54) is 24.3 Å². The molecule has 19 heteroatoms. The molecule has 1 atom stereocenters. The van der Waals surface area contributed by atoms with E-state index >= 15 is 0 Å². The van der Waals surface area contributed by atoms with Crippen LogP contribution in [0.15, 0.2) is 66.7 Å². The van der Waals surface area contributed by atoms with Crippen LogP contribution in [0.5, 0.6) is 0 Å². The number of alkyl halides is 4. The minimum absolute atomic E-state index is 0.0884. The van der Waals surface area contributed by atoms with Gasteiger partial charge in [0.15, 0.2) is 5.82 Å². The Kier molecular flexibility index (Phi) is 15.2. The molecule has 1 saturated heterocycles. The number of likely N-dealkylation sites (tertiary alicyclic amines) is 1. The van der Waals surface area contributed by atoms with Crippen molar-refractivity contribution in [3.63, 3.8) is 0 Å². The van der Waals surface area contributed by atoms with Gasteiger partial charge >= 0.3 is 23.9 Å². The molecule has 4 amide bonds. The van der Waals surface area contributed by atoms with Gasteiger partial charge in [-0.1, -0.05) is 30.3 Å². The van der Waals surface area contributed by atoms with Crippen molar-refractivity contribution in [1.82, 2.24) is 36.0 Å². The van der Waals surface area contributed by atoms with Gasteiger partial charge in [-0.2, -0.15) is 22.7 Å². The number of ether oxygens (including phenoxy) is 1. The van der Waals surface area contributed by atoms with Crippen LogP contribution in [-0.2, 0) is 31.5 Å². The van der Waals surface area contributed by atoms with E-state index in [4.69, 9.17) is 9.84 Å². The Labute approximate surface area is 379 Å². The number of piperidine rings is 1. The number of hydrogen-bond donors (Lipinski definition) is 6. The maximum absolute atomic E-state index is 14.3. The summed E-state index contributed by atoms with van der Waals surface area (Å²) in [5, 5.41) is 25.5. The number of anilines is 1. The Morgan fingerprint density at radius 3 is 2.14 bits per heavy atom. The number of alkyl carbamates (subject to hydrolysis) is 1. The first-order valence-electron chi connectivity index (χ1n) is 21.9. The van der Waals surface area contributed by atoms with Crippen LogP contribution < -0.4 is 21.3 Å². The summed E-state index contributed by atoms with van der Waals surface area (Å²) in [5.41, 5.74) is 3.66. The molecule has 1 aliphatic heterocycles. The molecule has 1 aliphatic carbocycles. The predicted molar refractivity (Wildman–Crippen MR) is 237 cm³/mol. The molecule has 15 nitrogen and oxygen atoms in total. The number of hydrogen-bond acceptors (Lipinski definition) is 9. The maximum Gasteiger partial charge on any atom is 0.411 e. The summed E-state index contributed by atoms with van der Waals surface area (Å²) in [6, 6.07) is 17.6. The summed E-state index contributed by atoms with van der Waals surface area (Å²) in [4.78, 5) is 69.7. The molecular formula is C47H56F4N8O7. The van der Waals surface area contributed by atoms with Crippen molar-refractivity contribution in [3.05, 3.63) is 89.2 Å². The molecule has 0 unspecified atom stereocenters. The van der Waals surface area contributed by atoms with Crippen LogP contribution in [0.25, 0.3) is 22.5 Å². The van der Waals surface area contributed by atoms with Crippen molar-refractivity contribution in [1.29, 1.82) is 0 Å². The van der Waals surface area contributed by atoms with E-state index in [0.29, 0.717) is 37.8 Å². The first-order chi connectivity index (χ1) is 31.1. The summed E-state index contributed by atoms with van der Waals surface area (Å²) in [5.74, 6) is -17.0. The van der Waals surface area contributed by atoms with Crippen LogP contribution >= 0.6 is 0 Å². The van der Waals surface area contributed by atoms with E-state index in [9.17, 15) is 41.5 Å². The normalized spacial score (nSPS) is 17.9. The highest BCUT2D eigenvalue weighted by Gasteiger charge is 2.65. The van der Waals surface area contributed by atoms with Crippen LogP contribution in [0.2, 0.25) is 0 Å². The van der Waals surface area contributed by atoms with Crippen molar-refractivity contribution >= 4 is 35.5 Å². The standard InChI is InChI=1S/C47H56F4N8O7/c1-27-6-11-33(40(61)53-35-20-22-59(5)23-21-35)25-36(27)30-12-7-28(8-13-30)24-37(55-39(60)32-14-9-29(10-15-32)26-52-44(65)66-45(2,3)4)41(62)54-34-18-16-31(17-19-34)38-56-42(58-57-38)46(48,49)47(50,51)43(63)64/h6-8,11-13,16-19,25,29,32,35,37H,9-10,14-15,20-24,26H2,1-5H3,(H,52,65)(H,53,61)(H,54,62)(H,55,60)(H,63,64)(H,56,57,58)/t29?,32?,37-/m0/s1. The predicted octanol–water partition coefficient (Wildman–Crippen LogP) is 7.08. The third-order valence-corrected chi connectivity index (χ3v) is 11.9. The number of aromatic amines is 1. The number of carbonyl (C=O) groups is 5. The molecule has 0 radical (unpaired) electrons. The lowest BCUT2D eigenvalue weighted by atomic mass is 9.81. The zero-order chi connectivity index (χ0) is 48.0. The maximum atomic E-state index is 14.3. The number of carboxylic acids is 1. The average molecular weight is 921 g/mol. The highest BCUT2D eigenvalue weighted by Crippen LogP contribution is 2.42. The van der Waals surface area contributed by atoms with Crippen LogP contribution in [0.1, 0.15) is 86.6 Å². The van der Waals surface area contributed by atoms with Gasteiger partial charge < -0.3 is 36.0 Å². The van der Waals surface area contributed by atoms with Gasteiger partial charge in [0.05, 0.1) is 0 Å². The molecule has 1 aromatic heterocycles. The fourth-order valence-corrected chi connectivity index (χ4v) is 7.97. The fraction of sp³-hybridized carbons (Fsp3) is 0.468. The topological polar surface area (TPSA) is 208 Å². The first kappa shape index (κ1) is 49.1. The van der Waals surface area contributed by atoms with Gasteiger partial charge in [-0.25, -0.2) is 14.6 Å². The lowest BCUT2D eigenvalue weighted by molar-refractivity contribution is -0.231. The highest BCUT2D eigenvalue weighted by atomic mass is 19.3. The van der Waals surface area contributed by atoms with Crippen molar-refractivity contribution in [2.45, 2.75) is 102 Å². The number of H-pyrrole nitrogens is 1. The van der Waals surface area contributed by atoms with Crippen molar-refractivity contribution in [2.24, 2.45) is 11.8 Å². The third kappa shape index (κ3) is 12.3. The molecule has 0 bridgehead atoms. The van der Waals surface area contributed by atoms with Crippen LogP contribution in [0.3, 0.4) is 0 Å². The van der Waals surface area contributed by atoms with Gasteiger partial charge in [0.25, 0.3) is 5.91 Å². The van der Waals surface area contributed by atoms with Crippen LogP contribution in [0.4, 0.5) is 28.0 Å². The second-order valence-electron chi connectivity index (χ2n) is 18.2. The Morgan fingerprint density at radius 2 is 1.52 bits per heavy atom. The lowest BCUT2D eigenvalue weighted by Gasteiger charge is -2.29. The summed E-state index contributed by atoms with van der Waals surface area (Å²) in [6.07, 6.45) is 3.76. The Morgan fingerprint density at radius 1 is 0.879 bits per heavy atom. The van der Waals surface area contributed by atoms with Crippen LogP contribution in [0, 0.1) is 18.8 Å². The number of aryl methyl sites for hydroxylation is 1. The van der Waals surface area contributed by atoms with E-state index in [1.807, 2.05) is 49.4 Å². The lowest BCUT2D eigenvalue weighted by Crippen LogP contribution is -2.48. The van der Waals surface area contributed by atoms with Gasteiger partial charge in [-0.05, 0) is 151 Å². The molecule has 0 spiro atoms. The second-order valence-corrected chi connectivity index (χ2v) is 18.2. The minimum Gasteiger partial charge on any atom is -0.477 e. The molecular weight excluding hydrogens is 865 g/mol. The zero-order valence-corrected chi connectivity index (χ0v) is 37.5. The monoisotopic (exact) mass is 920 g/mol. The van der Waals surface area contributed by atoms with Crippen LogP contribution in [-0.4, -0.2) is 105 Å². The smallest absolute Gasteiger partial charge is 0.411 e.